The van der Waals surface area contributed by atoms with Gasteiger partial charge in [-0.2, -0.15) is 0 Å². The number of aromatic hydroxyl groups is 1. The fourth-order valence-electron chi connectivity index (χ4n) is 1.91. The minimum atomic E-state index is -0.0434. The number of nitrogens with two attached hydrogens (primary N) is 1. The molecule has 0 bridgehead atoms. The van der Waals surface area contributed by atoms with E-state index in [2.05, 4.69) is 13.8 Å². The smallest absolute Gasteiger partial charge is 0.254 e. The van der Waals surface area contributed by atoms with Crippen LogP contribution in [0.4, 0.5) is 5.69 Å². The first-order chi connectivity index (χ1) is 9.01. The van der Waals surface area contributed by atoms with E-state index in [1.807, 2.05) is 11.8 Å². The molecule has 0 radical (unpaired) electrons. The number of carbonyl (C=O) groups excluding carboxylic acids is 1. The van der Waals surface area contributed by atoms with Crippen molar-refractivity contribution in [2.24, 2.45) is 0 Å². The maximum absolute atomic E-state index is 12.5. The van der Waals surface area contributed by atoms with Gasteiger partial charge in [0.25, 0.3) is 5.91 Å². The van der Waals surface area contributed by atoms with Crippen LogP contribution in [0.3, 0.4) is 0 Å². The van der Waals surface area contributed by atoms with E-state index < -0.39 is 0 Å². The Bertz CT molecular complexity index is 432. The van der Waals surface area contributed by atoms with Gasteiger partial charge in [0, 0.05) is 18.2 Å². The van der Waals surface area contributed by atoms with Crippen LogP contribution in [0.25, 0.3) is 0 Å². The highest BCUT2D eigenvalue weighted by Crippen LogP contribution is 2.22. The standard InChI is InChI=1S/C15H24N2O2/c1-4-6-9-17(11(3)5-2)15(19)12-7-8-13(16)14(18)10-12/h7-8,10-11,18H,4-6,9,16H2,1-3H3. The van der Waals surface area contributed by atoms with E-state index in [4.69, 9.17) is 5.73 Å². The minimum absolute atomic E-state index is 0.0366. The van der Waals surface area contributed by atoms with Crippen LogP contribution in [-0.4, -0.2) is 28.5 Å². The van der Waals surface area contributed by atoms with Crippen molar-refractivity contribution in [3.63, 3.8) is 0 Å². The first-order valence-corrected chi connectivity index (χ1v) is 6.90. The first-order valence-electron chi connectivity index (χ1n) is 6.90. The Morgan fingerprint density at radius 2 is 2.11 bits per heavy atom. The molecule has 0 saturated carbocycles. The zero-order valence-electron chi connectivity index (χ0n) is 12.0. The number of phenols is 1. The number of hydrogen-bond donors (Lipinski definition) is 2. The molecule has 1 unspecified atom stereocenters. The van der Waals surface area contributed by atoms with Crippen molar-refractivity contribution >= 4 is 11.6 Å². The summed E-state index contributed by atoms with van der Waals surface area (Å²) in [6.07, 6.45) is 2.95. The summed E-state index contributed by atoms with van der Waals surface area (Å²) in [5.41, 5.74) is 6.34. The molecule has 0 fully saturated rings. The SMILES string of the molecule is CCCCN(C(=O)c1ccc(N)c(O)c1)C(C)CC. The van der Waals surface area contributed by atoms with Gasteiger partial charge in [-0.05, 0) is 38.0 Å². The maximum atomic E-state index is 12.5. The molecule has 0 heterocycles. The molecule has 106 valence electrons. The number of unbranched alkanes of at least 4 members (excludes halogenated alkanes) is 1. The normalized spacial score (nSPS) is 12.2. The van der Waals surface area contributed by atoms with Gasteiger partial charge in [-0.15, -0.1) is 0 Å². The van der Waals surface area contributed by atoms with E-state index in [-0.39, 0.29) is 17.7 Å². The van der Waals surface area contributed by atoms with Crippen molar-refractivity contribution in [3.8, 4) is 5.75 Å². The molecule has 0 saturated heterocycles. The highest BCUT2D eigenvalue weighted by molar-refractivity contribution is 5.95. The maximum Gasteiger partial charge on any atom is 0.254 e. The topological polar surface area (TPSA) is 66.6 Å². The number of nitrogens with zero attached hydrogens (tertiary/aromatic N) is 1. The second-order valence-electron chi connectivity index (χ2n) is 4.88. The average Bonchev–Trinajstić information content (AvgIpc) is 2.41. The van der Waals surface area contributed by atoms with Gasteiger partial charge in [-0.25, -0.2) is 0 Å². The summed E-state index contributed by atoms with van der Waals surface area (Å²) in [5.74, 6) is -0.0801. The van der Waals surface area contributed by atoms with Crippen LogP contribution in [0.5, 0.6) is 5.75 Å². The van der Waals surface area contributed by atoms with E-state index in [1.54, 1.807) is 12.1 Å². The van der Waals surface area contributed by atoms with Crippen molar-refractivity contribution in [2.45, 2.75) is 46.1 Å². The number of amides is 1. The second-order valence-corrected chi connectivity index (χ2v) is 4.88. The van der Waals surface area contributed by atoms with Gasteiger partial charge in [0.2, 0.25) is 0 Å². The zero-order valence-corrected chi connectivity index (χ0v) is 12.0. The van der Waals surface area contributed by atoms with Crippen molar-refractivity contribution in [2.75, 3.05) is 12.3 Å². The Hall–Kier alpha value is -1.71. The number of anilines is 1. The zero-order chi connectivity index (χ0) is 14.4. The Kier molecular flexibility index (Phi) is 5.67. The van der Waals surface area contributed by atoms with E-state index in [0.717, 1.165) is 25.8 Å². The fourth-order valence-corrected chi connectivity index (χ4v) is 1.91. The first kappa shape index (κ1) is 15.3. The van der Waals surface area contributed by atoms with E-state index in [9.17, 15) is 9.90 Å². The van der Waals surface area contributed by atoms with Gasteiger partial charge >= 0.3 is 0 Å². The summed E-state index contributed by atoms with van der Waals surface area (Å²) < 4.78 is 0. The van der Waals surface area contributed by atoms with Gasteiger partial charge in [0.05, 0.1) is 5.69 Å². The minimum Gasteiger partial charge on any atom is -0.506 e. The molecule has 19 heavy (non-hydrogen) atoms. The Labute approximate surface area is 115 Å². The van der Waals surface area contributed by atoms with Crippen LogP contribution in [0.2, 0.25) is 0 Å². The quantitative estimate of drug-likeness (QED) is 0.613. The van der Waals surface area contributed by atoms with Crippen LogP contribution in [-0.2, 0) is 0 Å². The van der Waals surface area contributed by atoms with Crippen LogP contribution in [0.15, 0.2) is 18.2 Å². The molecule has 0 aromatic heterocycles. The summed E-state index contributed by atoms with van der Waals surface area (Å²) in [5, 5.41) is 9.61. The van der Waals surface area contributed by atoms with Gasteiger partial charge in [0.1, 0.15) is 5.75 Å². The third-order valence-corrected chi connectivity index (χ3v) is 3.41. The second kappa shape index (κ2) is 7.02. The molecule has 0 spiro atoms. The molecule has 4 heteroatoms. The van der Waals surface area contributed by atoms with Crippen LogP contribution in [0, 0.1) is 0 Å². The molecule has 1 aromatic carbocycles. The third kappa shape index (κ3) is 3.88. The summed E-state index contributed by atoms with van der Waals surface area (Å²) in [7, 11) is 0. The van der Waals surface area contributed by atoms with Crippen molar-refractivity contribution < 1.29 is 9.90 Å². The largest absolute Gasteiger partial charge is 0.506 e. The Morgan fingerprint density at radius 3 is 2.63 bits per heavy atom. The van der Waals surface area contributed by atoms with Crippen LogP contribution in [0.1, 0.15) is 50.4 Å². The molecule has 0 aliphatic heterocycles. The molecule has 4 nitrogen and oxygen atoms in total. The number of phenolic OH excluding ortho intramolecular Hbond substituents is 1. The van der Waals surface area contributed by atoms with Crippen LogP contribution >= 0.6 is 0 Å². The lowest BCUT2D eigenvalue weighted by Gasteiger charge is -2.28. The number of carbonyl (C=O) groups is 1. The fraction of sp³-hybridized carbons (Fsp3) is 0.533. The Balaban J connectivity index is 2.94. The summed E-state index contributed by atoms with van der Waals surface area (Å²) >= 11 is 0. The van der Waals surface area contributed by atoms with Gasteiger partial charge in [-0.1, -0.05) is 20.3 Å². The number of nitrogen functional groups attached to an aromatic ring is 1. The molecule has 1 rings (SSSR count). The monoisotopic (exact) mass is 264 g/mol. The van der Waals surface area contributed by atoms with Crippen molar-refractivity contribution in [3.05, 3.63) is 23.8 Å². The van der Waals surface area contributed by atoms with Crippen molar-refractivity contribution in [1.29, 1.82) is 0 Å². The van der Waals surface area contributed by atoms with Gasteiger partial charge < -0.3 is 15.7 Å². The molecule has 0 aliphatic rings. The molecule has 3 N–H and O–H groups in total. The molecular formula is C15H24N2O2. The third-order valence-electron chi connectivity index (χ3n) is 3.41. The van der Waals surface area contributed by atoms with Gasteiger partial charge in [0.15, 0.2) is 0 Å². The van der Waals surface area contributed by atoms with Crippen LogP contribution < -0.4 is 5.73 Å². The Morgan fingerprint density at radius 1 is 1.42 bits per heavy atom. The summed E-state index contributed by atoms with van der Waals surface area (Å²) in [4.78, 5) is 14.4. The summed E-state index contributed by atoms with van der Waals surface area (Å²) in [6.45, 7) is 6.96. The lowest BCUT2D eigenvalue weighted by Crippen LogP contribution is -2.39. The van der Waals surface area contributed by atoms with E-state index in [1.165, 1.54) is 6.07 Å². The molecule has 0 aliphatic carbocycles. The highest BCUT2D eigenvalue weighted by atomic mass is 16.3. The van der Waals surface area contributed by atoms with E-state index >= 15 is 0 Å². The summed E-state index contributed by atoms with van der Waals surface area (Å²) in [6, 6.07) is 4.87. The predicted molar refractivity (Wildman–Crippen MR) is 78.2 cm³/mol. The van der Waals surface area contributed by atoms with E-state index in [0.29, 0.717) is 11.3 Å². The van der Waals surface area contributed by atoms with Gasteiger partial charge in [-0.3, -0.25) is 4.79 Å². The number of hydrogen-bond acceptors (Lipinski definition) is 3. The average molecular weight is 264 g/mol. The molecule has 1 atom stereocenters. The lowest BCUT2D eigenvalue weighted by atomic mass is 10.1. The highest BCUT2D eigenvalue weighted by Gasteiger charge is 2.20. The number of rotatable bonds is 6. The molecule has 1 aromatic rings. The number of benzene rings is 1. The van der Waals surface area contributed by atoms with Crippen molar-refractivity contribution in [1.82, 2.24) is 4.90 Å². The lowest BCUT2D eigenvalue weighted by molar-refractivity contribution is 0.0685. The molecular weight excluding hydrogens is 240 g/mol. The predicted octanol–water partition coefficient (Wildman–Crippen LogP) is 3.02. The molecule has 1 amide bonds.